The SMILES string of the molecule is Cc1cc(NC(=O)CN(C)C(=O)C(C)(N)C2CC2)no1. The summed E-state index contributed by atoms with van der Waals surface area (Å²) in [6.07, 6.45) is 1.94. The zero-order chi connectivity index (χ0) is 14.9. The van der Waals surface area contributed by atoms with Crippen molar-refractivity contribution in [3.8, 4) is 0 Å². The number of amides is 2. The topological polar surface area (TPSA) is 101 Å². The van der Waals surface area contributed by atoms with Crippen LogP contribution in [0.1, 0.15) is 25.5 Å². The lowest BCUT2D eigenvalue weighted by atomic mass is 9.95. The molecule has 0 saturated heterocycles. The van der Waals surface area contributed by atoms with Crippen molar-refractivity contribution in [2.45, 2.75) is 32.2 Å². The molecular formula is C13H20N4O3. The van der Waals surface area contributed by atoms with E-state index in [9.17, 15) is 9.59 Å². The monoisotopic (exact) mass is 280 g/mol. The van der Waals surface area contributed by atoms with Crippen LogP contribution in [0.15, 0.2) is 10.6 Å². The molecule has 1 heterocycles. The Balaban J connectivity index is 1.88. The van der Waals surface area contributed by atoms with Crippen molar-refractivity contribution in [1.82, 2.24) is 10.1 Å². The first-order valence-electron chi connectivity index (χ1n) is 6.58. The first-order chi connectivity index (χ1) is 9.30. The van der Waals surface area contributed by atoms with Gasteiger partial charge in [-0.2, -0.15) is 0 Å². The first-order valence-corrected chi connectivity index (χ1v) is 6.58. The van der Waals surface area contributed by atoms with Crippen LogP contribution in [0.4, 0.5) is 5.82 Å². The standard InChI is InChI=1S/C13H20N4O3/c1-8-6-10(16-20-8)15-11(18)7-17(3)12(19)13(2,14)9-4-5-9/h6,9H,4-5,7,14H2,1-3H3,(H,15,16,18). The summed E-state index contributed by atoms with van der Waals surface area (Å²) in [6, 6.07) is 1.61. The predicted octanol–water partition coefficient (Wildman–Crippen LogP) is 0.507. The van der Waals surface area contributed by atoms with Crippen LogP contribution in [-0.2, 0) is 9.59 Å². The van der Waals surface area contributed by atoms with Gasteiger partial charge >= 0.3 is 0 Å². The van der Waals surface area contributed by atoms with Gasteiger partial charge in [-0.15, -0.1) is 0 Å². The van der Waals surface area contributed by atoms with E-state index in [1.807, 2.05) is 0 Å². The molecule has 7 heteroatoms. The second-order valence-corrected chi connectivity index (χ2v) is 5.59. The molecular weight excluding hydrogens is 260 g/mol. The third-order valence-electron chi connectivity index (χ3n) is 3.51. The Morgan fingerprint density at radius 1 is 1.60 bits per heavy atom. The maximum Gasteiger partial charge on any atom is 0.245 e. The van der Waals surface area contributed by atoms with E-state index in [1.54, 1.807) is 27.0 Å². The maximum absolute atomic E-state index is 12.2. The molecule has 0 radical (unpaired) electrons. The van der Waals surface area contributed by atoms with Crippen LogP contribution >= 0.6 is 0 Å². The molecule has 1 saturated carbocycles. The van der Waals surface area contributed by atoms with E-state index < -0.39 is 5.54 Å². The lowest BCUT2D eigenvalue weighted by Gasteiger charge is -2.28. The summed E-state index contributed by atoms with van der Waals surface area (Å²) in [5, 5.41) is 6.23. The fraction of sp³-hybridized carbons (Fsp3) is 0.615. The Morgan fingerprint density at radius 3 is 2.75 bits per heavy atom. The van der Waals surface area contributed by atoms with Crippen molar-refractivity contribution in [1.29, 1.82) is 0 Å². The summed E-state index contributed by atoms with van der Waals surface area (Å²) in [5.74, 6) is 0.616. The molecule has 1 aliphatic rings. The van der Waals surface area contributed by atoms with Crippen LogP contribution < -0.4 is 11.1 Å². The number of nitrogens with two attached hydrogens (primary N) is 1. The average molecular weight is 280 g/mol. The van der Waals surface area contributed by atoms with Gasteiger partial charge in [-0.1, -0.05) is 5.16 Å². The van der Waals surface area contributed by atoms with Crippen LogP contribution in [0.3, 0.4) is 0 Å². The third kappa shape index (κ3) is 3.16. The molecule has 0 aromatic carbocycles. The molecule has 2 rings (SSSR count). The van der Waals surface area contributed by atoms with Crippen LogP contribution in [0.2, 0.25) is 0 Å². The number of anilines is 1. The zero-order valence-electron chi connectivity index (χ0n) is 12.0. The molecule has 0 aliphatic heterocycles. The summed E-state index contributed by atoms with van der Waals surface area (Å²) in [6.45, 7) is 3.39. The van der Waals surface area contributed by atoms with Gasteiger partial charge in [0, 0.05) is 13.1 Å². The van der Waals surface area contributed by atoms with Crippen LogP contribution in [-0.4, -0.2) is 41.0 Å². The highest BCUT2D eigenvalue weighted by molar-refractivity contribution is 5.95. The molecule has 1 atom stereocenters. The Morgan fingerprint density at radius 2 is 2.25 bits per heavy atom. The quantitative estimate of drug-likeness (QED) is 0.818. The number of carbonyl (C=O) groups is 2. The van der Waals surface area contributed by atoms with Crippen molar-refractivity contribution in [3.63, 3.8) is 0 Å². The Bertz CT molecular complexity index is 519. The minimum absolute atomic E-state index is 0.0652. The summed E-state index contributed by atoms with van der Waals surface area (Å²) >= 11 is 0. The number of nitrogens with zero attached hydrogens (tertiary/aromatic N) is 2. The van der Waals surface area contributed by atoms with Gasteiger partial charge < -0.3 is 20.5 Å². The second kappa shape index (κ2) is 5.24. The van der Waals surface area contributed by atoms with Crippen molar-refractivity contribution in [2.24, 2.45) is 11.7 Å². The van der Waals surface area contributed by atoms with E-state index in [2.05, 4.69) is 10.5 Å². The number of nitrogens with one attached hydrogen (secondary N) is 1. The molecule has 0 spiro atoms. The summed E-state index contributed by atoms with van der Waals surface area (Å²) < 4.78 is 4.85. The lowest BCUT2D eigenvalue weighted by molar-refractivity contribution is -0.138. The van der Waals surface area contributed by atoms with E-state index in [0.717, 1.165) is 12.8 Å². The molecule has 1 aromatic rings. The Kier molecular flexibility index (Phi) is 3.80. The zero-order valence-corrected chi connectivity index (χ0v) is 12.0. The number of aromatic nitrogens is 1. The molecule has 1 fully saturated rings. The van der Waals surface area contributed by atoms with E-state index >= 15 is 0 Å². The summed E-state index contributed by atoms with van der Waals surface area (Å²) in [7, 11) is 1.57. The molecule has 1 aromatic heterocycles. The molecule has 1 aliphatic carbocycles. The van der Waals surface area contributed by atoms with Crippen LogP contribution in [0.5, 0.6) is 0 Å². The molecule has 110 valence electrons. The van der Waals surface area contributed by atoms with Crippen molar-refractivity contribution in [2.75, 3.05) is 18.9 Å². The molecule has 0 bridgehead atoms. The highest BCUT2D eigenvalue weighted by atomic mass is 16.5. The van der Waals surface area contributed by atoms with Gasteiger partial charge in [0.15, 0.2) is 5.82 Å². The normalized spacial score (nSPS) is 17.4. The first kappa shape index (κ1) is 14.5. The van der Waals surface area contributed by atoms with Gasteiger partial charge in [-0.05, 0) is 32.6 Å². The van der Waals surface area contributed by atoms with Crippen LogP contribution in [0.25, 0.3) is 0 Å². The van der Waals surface area contributed by atoms with Gasteiger partial charge in [-0.25, -0.2) is 0 Å². The van der Waals surface area contributed by atoms with Gasteiger partial charge in [0.1, 0.15) is 5.76 Å². The average Bonchev–Trinajstić information content (AvgIpc) is 3.14. The number of likely N-dealkylation sites (N-methyl/N-ethyl adjacent to an activating group) is 1. The predicted molar refractivity (Wildman–Crippen MR) is 72.8 cm³/mol. The lowest BCUT2D eigenvalue weighted by Crippen LogP contribution is -2.55. The fourth-order valence-electron chi connectivity index (χ4n) is 2.16. The Hall–Kier alpha value is -1.89. The fourth-order valence-corrected chi connectivity index (χ4v) is 2.16. The van der Waals surface area contributed by atoms with Gasteiger partial charge in [0.05, 0.1) is 12.1 Å². The van der Waals surface area contributed by atoms with Crippen molar-refractivity contribution in [3.05, 3.63) is 11.8 Å². The van der Waals surface area contributed by atoms with Crippen molar-refractivity contribution >= 4 is 17.6 Å². The van der Waals surface area contributed by atoms with Crippen molar-refractivity contribution < 1.29 is 14.1 Å². The molecule has 2 amide bonds. The smallest absolute Gasteiger partial charge is 0.245 e. The highest BCUT2D eigenvalue weighted by Crippen LogP contribution is 2.38. The van der Waals surface area contributed by atoms with E-state index in [1.165, 1.54) is 4.90 Å². The summed E-state index contributed by atoms with van der Waals surface area (Å²) in [5.41, 5.74) is 5.16. The number of aryl methyl sites for hydroxylation is 1. The Labute approximate surface area is 117 Å². The summed E-state index contributed by atoms with van der Waals surface area (Å²) in [4.78, 5) is 25.4. The molecule has 20 heavy (non-hydrogen) atoms. The van der Waals surface area contributed by atoms with E-state index in [0.29, 0.717) is 11.6 Å². The van der Waals surface area contributed by atoms with E-state index in [-0.39, 0.29) is 24.3 Å². The highest BCUT2D eigenvalue weighted by Gasteiger charge is 2.45. The number of hydrogen-bond donors (Lipinski definition) is 2. The molecule has 1 unspecified atom stereocenters. The number of hydrogen-bond acceptors (Lipinski definition) is 5. The minimum atomic E-state index is -0.889. The van der Waals surface area contributed by atoms with Gasteiger partial charge in [0.25, 0.3) is 0 Å². The number of carbonyl (C=O) groups excluding carboxylic acids is 2. The largest absolute Gasteiger partial charge is 0.360 e. The van der Waals surface area contributed by atoms with Gasteiger partial charge in [0.2, 0.25) is 11.8 Å². The van der Waals surface area contributed by atoms with Gasteiger partial charge in [-0.3, -0.25) is 9.59 Å². The molecule has 7 nitrogen and oxygen atoms in total. The maximum atomic E-state index is 12.2. The molecule has 3 N–H and O–H groups in total. The second-order valence-electron chi connectivity index (χ2n) is 5.59. The minimum Gasteiger partial charge on any atom is -0.360 e. The van der Waals surface area contributed by atoms with E-state index in [4.69, 9.17) is 10.3 Å². The third-order valence-corrected chi connectivity index (χ3v) is 3.51. The number of rotatable bonds is 5. The van der Waals surface area contributed by atoms with Crippen LogP contribution in [0, 0.1) is 12.8 Å².